The second-order valence-corrected chi connectivity index (χ2v) is 9.75. The van der Waals surface area contributed by atoms with Crippen LogP contribution in [0.5, 0.6) is 5.75 Å². The molecule has 0 spiro atoms. The Hall–Kier alpha value is -2.71. The summed E-state index contributed by atoms with van der Waals surface area (Å²) in [5.74, 6) is 1.50. The van der Waals surface area contributed by atoms with Gasteiger partial charge in [0.1, 0.15) is 16.4 Å². The standard InChI is InChI=1S/C26H34N4O3S/c1-5-29(6-2)20(18-11-10-12-19(15-18)33-4)16-27-24(31)23-17(3)22-25(34-23)28-21-13-8-7-9-14-30(21)26(22)32/h10-12,15,20H,5-9,13-14,16H2,1-4H3,(H,27,31). The third-order valence-corrected chi connectivity index (χ3v) is 7.99. The van der Waals surface area contributed by atoms with Crippen LogP contribution >= 0.6 is 11.3 Å². The molecule has 2 aromatic heterocycles. The number of aromatic nitrogens is 2. The molecule has 1 aliphatic heterocycles. The molecule has 1 atom stereocenters. The fourth-order valence-corrected chi connectivity index (χ4v) is 5.97. The zero-order valence-corrected chi connectivity index (χ0v) is 21.3. The maximum absolute atomic E-state index is 13.3. The minimum Gasteiger partial charge on any atom is -0.497 e. The third-order valence-electron chi connectivity index (χ3n) is 6.81. The summed E-state index contributed by atoms with van der Waals surface area (Å²) < 4.78 is 7.23. The highest BCUT2D eigenvalue weighted by Crippen LogP contribution is 2.29. The Bertz CT molecular complexity index is 1230. The van der Waals surface area contributed by atoms with Gasteiger partial charge in [-0.25, -0.2) is 4.98 Å². The monoisotopic (exact) mass is 482 g/mol. The van der Waals surface area contributed by atoms with Crippen LogP contribution in [0.25, 0.3) is 10.2 Å². The van der Waals surface area contributed by atoms with E-state index in [0.717, 1.165) is 61.5 Å². The number of thiophene rings is 1. The van der Waals surface area contributed by atoms with Crippen molar-refractivity contribution < 1.29 is 9.53 Å². The second kappa shape index (κ2) is 10.7. The molecule has 7 nitrogen and oxygen atoms in total. The Kier molecular flexibility index (Phi) is 7.68. The molecule has 4 rings (SSSR count). The van der Waals surface area contributed by atoms with Crippen LogP contribution in [0.1, 0.15) is 65.8 Å². The molecule has 3 aromatic rings. The number of carbonyl (C=O) groups excluding carboxylic acids is 1. The minimum absolute atomic E-state index is 0.00732. The number of hydrogen-bond acceptors (Lipinski definition) is 6. The molecule has 0 aliphatic carbocycles. The molecule has 1 aliphatic rings. The van der Waals surface area contributed by atoms with Gasteiger partial charge in [0.2, 0.25) is 0 Å². The van der Waals surface area contributed by atoms with E-state index in [4.69, 9.17) is 9.72 Å². The quantitative estimate of drug-likeness (QED) is 0.518. The van der Waals surface area contributed by atoms with Gasteiger partial charge in [0.15, 0.2) is 0 Å². The number of nitrogens with one attached hydrogen (secondary N) is 1. The second-order valence-electron chi connectivity index (χ2n) is 8.76. The number of likely N-dealkylation sites (N-methyl/N-ethyl adjacent to an activating group) is 1. The molecule has 0 radical (unpaired) electrons. The topological polar surface area (TPSA) is 76.5 Å². The van der Waals surface area contributed by atoms with Gasteiger partial charge in [-0.2, -0.15) is 0 Å². The van der Waals surface area contributed by atoms with Crippen LogP contribution in [0.2, 0.25) is 0 Å². The molecule has 3 heterocycles. The Morgan fingerprint density at radius 3 is 2.79 bits per heavy atom. The van der Waals surface area contributed by atoms with Crippen molar-refractivity contribution in [2.45, 2.75) is 59.0 Å². The zero-order chi connectivity index (χ0) is 24.2. The molecule has 0 fully saturated rings. The van der Waals surface area contributed by atoms with Crippen LogP contribution in [0.3, 0.4) is 0 Å². The number of hydrogen-bond donors (Lipinski definition) is 1. The number of carbonyl (C=O) groups is 1. The van der Waals surface area contributed by atoms with Crippen LogP contribution in [-0.4, -0.2) is 47.1 Å². The van der Waals surface area contributed by atoms with Crippen LogP contribution in [0.4, 0.5) is 0 Å². The molecule has 1 unspecified atom stereocenters. The predicted octanol–water partition coefficient (Wildman–Crippen LogP) is 4.31. The highest BCUT2D eigenvalue weighted by molar-refractivity contribution is 7.20. The number of methoxy groups -OCH3 is 1. The lowest BCUT2D eigenvalue weighted by molar-refractivity contribution is 0.0938. The number of fused-ring (bicyclic) bond motifs is 2. The van der Waals surface area contributed by atoms with Gasteiger partial charge in [-0.05, 0) is 56.1 Å². The van der Waals surface area contributed by atoms with Gasteiger partial charge in [0, 0.05) is 19.5 Å². The minimum atomic E-state index is -0.153. The van der Waals surface area contributed by atoms with Crippen molar-refractivity contribution in [1.29, 1.82) is 0 Å². The summed E-state index contributed by atoms with van der Waals surface area (Å²) in [6.07, 6.45) is 3.97. The van der Waals surface area contributed by atoms with Crippen LogP contribution in [0.15, 0.2) is 29.1 Å². The SMILES string of the molecule is CCN(CC)C(CNC(=O)c1sc2nc3n(c(=O)c2c1C)CCCCC3)c1cccc(OC)c1. The number of aryl methyl sites for hydroxylation is 2. The fraction of sp³-hybridized carbons (Fsp3) is 0.500. The smallest absolute Gasteiger partial charge is 0.262 e. The Labute approximate surface area is 204 Å². The van der Waals surface area contributed by atoms with Crippen molar-refractivity contribution in [3.63, 3.8) is 0 Å². The molecule has 0 bridgehead atoms. The number of rotatable bonds is 8. The van der Waals surface area contributed by atoms with Gasteiger partial charge in [-0.1, -0.05) is 32.4 Å². The van der Waals surface area contributed by atoms with Gasteiger partial charge >= 0.3 is 0 Å². The molecule has 1 amide bonds. The van der Waals surface area contributed by atoms with E-state index in [1.807, 2.05) is 29.7 Å². The van der Waals surface area contributed by atoms with E-state index in [2.05, 4.69) is 30.1 Å². The highest BCUT2D eigenvalue weighted by atomic mass is 32.1. The van der Waals surface area contributed by atoms with Crippen LogP contribution in [0, 0.1) is 6.92 Å². The maximum atomic E-state index is 13.3. The number of ether oxygens (including phenoxy) is 1. The van der Waals surface area contributed by atoms with Gasteiger partial charge in [-0.3, -0.25) is 19.1 Å². The predicted molar refractivity (Wildman–Crippen MR) is 137 cm³/mol. The normalized spacial score (nSPS) is 14.6. The van der Waals surface area contributed by atoms with Gasteiger partial charge < -0.3 is 10.1 Å². The number of benzene rings is 1. The van der Waals surface area contributed by atoms with E-state index in [1.54, 1.807) is 7.11 Å². The summed E-state index contributed by atoms with van der Waals surface area (Å²) in [5, 5.41) is 3.73. The Balaban J connectivity index is 1.62. The van der Waals surface area contributed by atoms with E-state index in [9.17, 15) is 9.59 Å². The first-order valence-corrected chi connectivity index (χ1v) is 13.0. The lowest BCUT2D eigenvalue weighted by Crippen LogP contribution is -2.38. The third kappa shape index (κ3) is 4.74. The molecule has 182 valence electrons. The first-order chi connectivity index (χ1) is 16.5. The number of amides is 1. The van der Waals surface area contributed by atoms with E-state index in [0.29, 0.717) is 28.2 Å². The summed E-state index contributed by atoms with van der Waals surface area (Å²) in [5.41, 5.74) is 1.82. The van der Waals surface area contributed by atoms with Crippen molar-refractivity contribution in [1.82, 2.24) is 19.8 Å². The molecule has 8 heteroatoms. The van der Waals surface area contributed by atoms with E-state index >= 15 is 0 Å². The van der Waals surface area contributed by atoms with Gasteiger partial charge in [-0.15, -0.1) is 11.3 Å². The van der Waals surface area contributed by atoms with E-state index in [1.165, 1.54) is 11.3 Å². The van der Waals surface area contributed by atoms with Crippen molar-refractivity contribution in [2.24, 2.45) is 0 Å². The lowest BCUT2D eigenvalue weighted by atomic mass is 10.0. The summed E-state index contributed by atoms with van der Waals surface area (Å²) in [7, 11) is 1.66. The van der Waals surface area contributed by atoms with Crippen molar-refractivity contribution >= 4 is 27.5 Å². The van der Waals surface area contributed by atoms with Crippen molar-refractivity contribution in [2.75, 3.05) is 26.7 Å². The van der Waals surface area contributed by atoms with Crippen LogP contribution < -0.4 is 15.6 Å². The summed E-state index contributed by atoms with van der Waals surface area (Å²) in [4.78, 5) is 34.9. The molecular formula is C26H34N4O3S. The zero-order valence-electron chi connectivity index (χ0n) is 20.5. The van der Waals surface area contributed by atoms with E-state index < -0.39 is 0 Å². The molecule has 0 saturated heterocycles. The molecule has 1 N–H and O–H groups in total. The molecule has 1 aromatic carbocycles. The van der Waals surface area contributed by atoms with Crippen molar-refractivity contribution in [3.8, 4) is 5.75 Å². The molecular weight excluding hydrogens is 448 g/mol. The maximum Gasteiger partial charge on any atom is 0.262 e. The summed E-state index contributed by atoms with van der Waals surface area (Å²) in [6, 6.07) is 8.02. The highest BCUT2D eigenvalue weighted by Gasteiger charge is 2.24. The Morgan fingerprint density at radius 1 is 1.26 bits per heavy atom. The van der Waals surface area contributed by atoms with E-state index in [-0.39, 0.29) is 17.5 Å². The lowest BCUT2D eigenvalue weighted by Gasteiger charge is -2.30. The van der Waals surface area contributed by atoms with Gasteiger partial charge in [0.05, 0.1) is 23.4 Å². The first kappa shape index (κ1) is 24.4. The largest absolute Gasteiger partial charge is 0.497 e. The average Bonchev–Trinajstić information content (AvgIpc) is 3.02. The van der Waals surface area contributed by atoms with Crippen molar-refractivity contribution in [3.05, 3.63) is 56.4 Å². The van der Waals surface area contributed by atoms with Crippen LogP contribution in [-0.2, 0) is 13.0 Å². The average molecular weight is 483 g/mol. The summed E-state index contributed by atoms with van der Waals surface area (Å²) >= 11 is 1.33. The summed E-state index contributed by atoms with van der Waals surface area (Å²) in [6.45, 7) is 9.01. The Morgan fingerprint density at radius 2 is 2.06 bits per heavy atom. The fourth-order valence-electron chi connectivity index (χ4n) is 4.87. The first-order valence-electron chi connectivity index (χ1n) is 12.2. The van der Waals surface area contributed by atoms with Gasteiger partial charge in [0.25, 0.3) is 11.5 Å². The molecule has 34 heavy (non-hydrogen) atoms. The number of nitrogens with zero attached hydrogens (tertiary/aromatic N) is 3. The molecule has 0 saturated carbocycles.